The van der Waals surface area contributed by atoms with Gasteiger partial charge in [0.2, 0.25) is 15.9 Å². The Hall–Kier alpha value is -1.71. The van der Waals surface area contributed by atoms with Gasteiger partial charge in [0.15, 0.2) is 0 Å². The van der Waals surface area contributed by atoms with Gasteiger partial charge in [-0.3, -0.25) is 4.79 Å². The molecule has 0 aliphatic heterocycles. The Balaban J connectivity index is 2.29. The molecule has 0 atom stereocenters. The van der Waals surface area contributed by atoms with Gasteiger partial charge in [0.05, 0.1) is 11.4 Å². The second kappa shape index (κ2) is 10.9. The number of carbonyl (C=O) groups is 1. The first-order chi connectivity index (χ1) is 13.8. The number of hydrogen-bond acceptors (Lipinski definition) is 4. The lowest BCUT2D eigenvalue weighted by Gasteiger charge is -2.23. The summed E-state index contributed by atoms with van der Waals surface area (Å²) in [5.41, 5.74) is -0.0149. The highest BCUT2D eigenvalue weighted by Gasteiger charge is 2.28. The van der Waals surface area contributed by atoms with Gasteiger partial charge in [0.1, 0.15) is 5.82 Å². The molecule has 1 amide bonds. The van der Waals surface area contributed by atoms with Crippen molar-refractivity contribution >= 4 is 39.1 Å². The summed E-state index contributed by atoms with van der Waals surface area (Å²) in [5, 5.41) is 3.06. The van der Waals surface area contributed by atoms with Crippen LogP contribution in [0.4, 0.5) is 4.39 Å². The van der Waals surface area contributed by atoms with E-state index in [1.165, 1.54) is 42.5 Å². The molecule has 0 aliphatic rings. The van der Waals surface area contributed by atoms with E-state index in [0.29, 0.717) is 24.6 Å². The van der Waals surface area contributed by atoms with Crippen LogP contribution in [0.5, 0.6) is 0 Å². The van der Waals surface area contributed by atoms with Gasteiger partial charge in [0, 0.05) is 42.4 Å². The van der Waals surface area contributed by atoms with Crippen molar-refractivity contribution in [2.24, 2.45) is 0 Å². The Bertz CT molecular complexity index is 919. The number of amides is 1. The second-order valence-electron chi connectivity index (χ2n) is 6.12. The molecule has 0 heterocycles. The van der Waals surface area contributed by atoms with Gasteiger partial charge in [-0.05, 0) is 42.8 Å². The average molecular weight is 463 g/mol. The molecule has 0 saturated carbocycles. The molecule has 0 bridgehead atoms. The second-order valence-corrected chi connectivity index (χ2v) is 8.91. The number of rotatable bonds is 10. The van der Waals surface area contributed by atoms with Gasteiger partial charge < -0.3 is 10.1 Å². The number of nitrogens with one attached hydrogen (secondary N) is 1. The molecule has 2 aromatic rings. The fraction of sp³-hybridized carbons (Fsp3) is 0.316. The van der Waals surface area contributed by atoms with E-state index in [2.05, 4.69) is 5.32 Å². The monoisotopic (exact) mass is 462 g/mol. The van der Waals surface area contributed by atoms with Crippen molar-refractivity contribution in [3.05, 3.63) is 63.9 Å². The van der Waals surface area contributed by atoms with Crippen LogP contribution in [0.25, 0.3) is 0 Å². The van der Waals surface area contributed by atoms with E-state index in [1.807, 2.05) is 0 Å². The van der Waals surface area contributed by atoms with E-state index in [9.17, 15) is 17.6 Å². The van der Waals surface area contributed by atoms with Gasteiger partial charge in [-0.25, -0.2) is 12.8 Å². The summed E-state index contributed by atoms with van der Waals surface area (Å²) in [4.78, 5) is 12.2. The van der Waals surface area contributed by atoms with Gasteiger partial charge >= 0.3 is 0 Å². The fourth-order valence-corrected chi connectivity index (χ4v) is 4.21. The molecular formula is C19H21Cl2FN2O4S. The van der Waals surface area contributed by atoms with Gasteiger partial charge in [-0.15, -0.1) is 0 Å². The molecular weight excluding hydrogens is 442 g/mol. The summed E-state index contributed by atoms with van der Waals surface area (Å²) in [6.45, 7) is -0.121. The topological polar surface area (TPSA) is 75.7 Å². The predicted octanol–water partition coefficient (Wildman–Crippen LogP) is 3.48. The molecule has 2 aromatic carbocycles. The van der Waals surface area contributed by atoms with Crippen molar-refractivity contribution in [2.75, 3.05) is 26.8 Å². The van der Waals surface area contributed by atoms with Crippen molar-refractivity contribution in [1.82, 2.24) is 9.62 Å². The summed E-state index contributed by atoms with van der Waals surface area (Å²) in [6.07, 6.45) is 0.575. The van der Waals surface area contributed by atoms with E-state index < -0.39 is 34.8 Å². The lowest BCUT2D eigenvalue weighted by atomic mass is 10.2. The molecule has 0 aromatic heterocycles. The molecule has 0 spiro atoms. The summed E-state index contributed by atoms with van der Waals surface area (Å²) in [6, 6.07) is 9.55. The van der Waals surface area contributed by atoms with Crippen molar-refractivity contribution in [3.8, 4) is 0 Å². The highest BCUT2D eigenvalue weighted by atomic mass is 35.5. The van der Waals surface area contributed by atoms with E-state index >= 15 is 0 Å². The van der Waals surface area contributed by atoms with Gasteiger partial charge in [-0.1, -0.05) is 29.3 Å². The third-order valence-corrected chi connectivity index (χ3v) is 6.43. The van der Waals surface area contributed by atoms with Crippen LogP contribution in [0.15, 0.2) is 47.4 Å². The standard InChI is InChI=1S/C19H21Cl2FN2O4S/c1-28-11-3-10-23-19(25)13-24(12-16-17(21)4-2-5-18(16)22)29(26,27)15-8-6-14(20)7-9-15/h2,4-9H,3,10-13H2,1H3,(H,23,25). The normalized spacial score (nSPS) is 11.6. The Morgan fingerprint density at radius 2 is 1.86 bits per heavy atom. The lowest BCUT2D eigenvalue weighted by Crippen LogP contribution is -2.41. The lowest BCUT2D eigenvalue weighted by molar-refractivity contribution is -0.121. The van der Waals surface area contributed by atoms with Crippen LogP contribution >= 0.6 is 23.2 Å². The summed E-state index contributed by atoms with van der Waals surface area (Å²) < 4.78 is 46.2. The minimum atomic E-state index is -4.12. The van der Waals surface area contributed by atoms with Crippen LogP contribution < -0.4 is 5.32 Å². The van der Waals surface area contributed by atoms with E-state index in [4.69, 9.17) is 27.9 Å². The van der Waals surface area contributed by atoms with Crippen LogP contribution in [0.1, 0.15) is 12.0 Å². The number of hydrogen-bond donors (Lipinski definition) is 1. The Morgan fingerprint density at radius 3 is 2.48 bits per heavy atom. The molecule has 0 aliphatic carbocycles. The molecule has 0 unspecified atom stereocenters. The van der Waals surface area contributed by atoms with Crippen LogP contribution in [-0.4, -0.2) is 45.4 Å². The Kier molecular flexibility index (Phi) is 8.85. The maximum absolute atomic E-state index is 14.2. The zero-order chi connectivity index (χ0) is 21.4. The van der Waals surface area contributed by atoms with Gasteiger partial charge in [0.25, 0.3) is 0 Å². The third-order valence-electron chi connectivity index (χ3n) is 4.01. The minimum absolute atomic E-state index is 0.0149. The first-order valence-corrected chi connectivity index (χ1v) is 10.9. The van der Waals surface area contributed by atoms with Crippen LogP contribution in [0, 0.1) is 5.82 Å². The van der Waals surface area contributed by atoms with Crippen molar-refractivity contribution in [2.45, 2.75) is 17.9 Å². The van der Waals surface area contributed by atoms with Crippen LogP contribution in [0.2, 0.25) is 10.0 Å². The van der Waals surface area contributed by atoms with Crippen molar-refractivity contribution < 1.29 is 22.3 Å². The molecule has 0 fully saturated rings. The number of ether oxygens (including phenoxy) is 1. The molecule has 29 heavy (non-hydrogen) atoms. The zero-order valence-corrected chi connectivity index (χ0v) is 18.0. The maximum atomic E-state index is 14.2. The highest BCUT2D eigenvalue weighted by molar-refractivity contribution is 7.89. The number of nitrogens with zero attached hydrogens (tertiary/aromatic N) is 1. The molecule has 0 saturated heterocycles. The van der Waals surface area contributed by atoms with Crippen molar-refractivity contribution in [1.29, 1.82) is 0 Å². The number of carbonyl (C=O) groups excluding carboxylic acids is 1. The molecule has 1 N–H and O–H groups in total. The zero-order valence-electron chi connectivity index (χ0n) is 15.7. The van der Waals surface area contributed by atoms with Crippen LogP contribution in [0.3, 0.4) is 0 Å². The molecule has 2 rings (SSSR count). The predicted molar refractivity (Wildman–Crippen MR) is 110 cm³/mol. The third kappa shape index (κ3) is 6.65. The Labute approximate surface area is 179 Å². The van der Waals surface area contributed by atoms with E-state index in [1.54, 1.807) is 7.11 Å². The molecule has 6 nitrogen and oxygen atoms in total. The summed E-state index contributed by atoms with van der Waals surface area (Å²) in [7, 11) is -2.57. The smallest absolute Gasteiger partial charge is 0.243 e. The molecule has 0 radical (unpaired) electrons. The van der Waals surface area contributed by atoms with E-state index in [0.717, 1.165) is 4.31 Å². The molecule has 10 heteroatoms. The largest absolute Gasteiger partial charge is 0.385 e. The Morgan fingerprint density at radius 1 is 1.17 bits per heavy atom. The average Bonchev–Trinajstić information content (AvgIpc) is 2.67. The van der Waals surface area contributed by atoms with Gasteiger partial charge in [-0.2, -0.15) is 4.31 Å². The number of benzene rings is 2. The highest BCUT2D eigenvalue weighted by Crippen LogP contribution is 2.25. The summed E-state index contributed by atoms with van der Waals surface area (Å²) in [5.74, 6) is -1.18. The quantitative estimate of drug-likeness (QED) is 0.548. The van der Waals surface area contributed by atoms with E-state index in [-0.39, 0.29) is 15.5 Å². The maximum Gasteiger partial charge on any atom is 0.243 e. The SMILES string of the molecule is COCCCNC(=O)CN(Cc1c(F)cccc1Cl)S(=O)(=O)c1ccc(Cl)cc1. The van der Waals surface area contributed by atoms with Crippen molar-refractivity contribution in [3.63, 3.8) is 0 Å². The fourth-order valence-electron chi connectivity index (χ4n) is 2.50. The first kappa shape index (κ1) is 23.6. The first-order valence-electron chi connectivity index (χ1n) is 8.70. The minimum Gasteiger partial charge on any atom is -0.385 e. The number of sulfonamides is 1. The summed E-state index contributed by atoms with van der Waals surface area (Å²) >= 11 is 11.9. The number of methoxy groups -OCH3 is 1. The van der Waals surface area contributed by atoms with Crippen LogP contribution in [-0.2, 0) is 26.1 Å². The number of halogens is 3. The molecule has 158 valence electrons.